The summed E-state index contributed by atoms with van der Waals surface area (Å²) in [4.78, 5) is 1.74. The maximum atomic E-state index is 16.3. The molecule has 1 nitrogen and oxygen atoms in total. The van der Waals surface area contributed by atoms with Gasteiger partial charge in [0.2, 0.25) is 0 Å². The molecule has 0 aliphatic carbocycles. The lowest BCUT2D eigenvalue weighted by Crippen LogP contribution is -2.38. The van der Waals surface area contributed by atoms with Crippen molar-refractivity contribution in [2.45, 2.75) is 26.3 Å². The van der Waals surface area contributed by atoms with Gasteiger partial charge >= 0.3 is 0 Å². The Hall–Kier alpha value is -3.46. The summed E-state index contributed by atoms with van der Waals surface area (Å²) in [5.74, 6) is -0.754. The Bertz CT molecular complexity index is 1180. The van der Waals surface area contributed by atoms with Crippen molar-refractivity contribution in [2.24, 2.45) is 0 Å². The maximum absolute atomic E-state index is 16.3. The van der Waals surface area contributed by atoms with Crippen LogP contribution in [-0.2, 0) is 0 Å². The van der Waals surface area contributed by atoms with Crippen LogP contribution in [0.25, 0.3) is 22.3 Å². The molecule has 0 unspecified atom stereocenters. The SMILES string of the molecule is CC(C)(C)N(c1ccccc1F)c1ccc(-c2ccccc2)c(-c2ccccc2)c1F. The normalized spacial score (nSPS) is 11.4. The third-order valence-corrected chi connectivity index (χ3v) is 5.27. The topological polar surface area (TPSA) is 3.24 Å². The monoisotopic (exact) mass is 413 g/mol. The minimum atomic E-state index is -0.550. The van der Waals surface area contributed by atoms with E-state index in [4.69, 9.17) is 0 Å². The van der Waals surface area contributed by atoms with Crippen LogP contribution in [-0.4, -0.2) is 5.54 Å². The minimum absolute atomic E-state index is 0.344. The molecule has 4 aromatic carbocycles. The van der Waals surface area contributed by atoms with Crippen molar-refractivity contribution >= 4 is 11.4 Å². The van der Waals surface area contributed by atoms with Crippen LogP contribution < -0.4 is 4.90 Å². The molecule has 0 radical (unpaired) electrons. The lowest BCUT2D eigenvalue weighted by Gasteiger charge is -2.38. The number of halogens is 2. The van der Waals surface area contributed by atoms with E-state index < -0.39 is 5.54 Å². The second-order valence-corrected chi connectivity index (χ2v) is 8.51. The van der Waals surface area contributed by atoms with E-state index in [0.717, 1.165) is 16.7 Å². The Kier molecular flexibility index (Phi) is 5.60. The second kappa shape index (κ2) is 8.35. The van der Waals surface area contributed by atoms with Gasteiger partial charge in [-0.3, -0.25) is 0 Å². The summed E-state index contributed by atoms with van der Waals surface area (Å²) >= 11 is 0. The van der Waals surface area contributed by atoms with E-state index in [9.17, 15) is 4.39 Å². The number of anilines is 2. The summed E-state index contributed by atoms with van der Waals surface area (Å²) in [7, 11) is 0. The van der Waals surface area contributed by atoms with Crippen molar-refractivity contribution in [1.82, 2.24) is 0 Å². The molecule has 0 bridgehead atoms. The first-order valence-electron chi connectivity index (χ1n) is 10.4. The molecule has 0 aromatic heterocycles. The molecule has 0 aliphatic heterocycles. The van der Waals surface area contributed by atoms with Gasteiger partial charge in [0.25, 0.3) is 0 Å². The Morgan fingerprint density at radius 1 is 0.581 bits per heavy atom. The Balaban J connectivity index is 2.01. The first-order valence-corrected chi connectivity index (χ1v) is 10.4. The predicted octanol–water partition coefficient (Wildman–Crippen LogP) is 8.24. The quantitative estimate of drug-likeness (QED) is 0.326. The minimum Gasteiger partial charge on any atom is -0.331 e. The van der Waals surface area contributed by atoms with E-state index in [1.807, 2.05) is 87.5 Å². The van der Waals surface area contributed by atoms with E-state index in [2.05, 4.69) is 0 Å². The smallest absolute Gasteiger partial charge is 0.155 e. The second-order valence-electron chi connectivity index (χ2n) is 8.51. The summed E-state index contributed by atoms with van der Waals surface area (Å²) in [5.41, 5.74) is 3.16. The lowest BCUT2D eigenvalue weighted by molar-refractivity contribution is 0.527. The number of hydrogen-bond donors (Lipinski definition) is 0. The van der Waals surface area contributed by atoms with Crippen molar-refractivity contribution in [3.63, 3.8) is 0 Å². The van der Waals surface area contributed by atoms with Crippen molar-refractivity contribution in [2.75, 3.05) is 4.90 Å². The number of para-hydroxylation sites is 1. The van der Waals surface area contributed by atoms with Gasteiger partial charge in [0.05, 0.1) is 11.4 Å². The fourth-order valence-electron chi connectivity index (χ4n) is 3.97. The molecule has 0 saturated heterocycles. The molecular weight excluding hydrogens is 388 g/mol. The van der Waals surface area contributed by atoms with E-state index in [0.29, 0.717) is 16.9 Å². The standard InChI is InChI=1S/C28H25F2N/c1-28(2,3)31(24-17-11-10-16-23(24)29)25-19-18-22(20-12-6-4-7-13-20)26(27(25)30)21-14-8-5-9-15-21/h4-19H,1-3H3. The molecular formula is C28H25F2N. The number of rotatable bonds is 4. The Morgan fingerprint density at radius 3 is 1.71 bits per heavy atom. The van der Waals surface area contributed by atoms with Crippen LogP contribution in [0.4, 0.5) is 20.2 Å². The van der Waals surface area contributed by atoms with E-state index in [-0.39, 0.29) is 11.6 Å². The van der Waals surface area contributed by atoms with Crippen molar-refractivity contribution in [3.05, 3.63) is 109 Å². The third-order valence-electron chi connectivity index (χ3n) is 5.27. The first-order chi connectivity index (χ1) is 14.9. The molecule has 0 atom stereocenters. The number of benzene rings is 4. The molecule has 31 heavy (non-hydrogen) atoms. The molecule has 3 heteroatoms. The molecule has 0 aliphatic rings. The van der Waals surface area contributed by atoms with Gasteiger partial charge in [-0.05, 0) is 55.7 Å². The zero-order valence-corrected chi connectivity index (χ0v) is 17.9. The third kappa shape index (κ3) is 4.09. The Labute approximate surface area is 182 Å². The summed E-state index contributed by atoms with van der Waals surface area (Å²) in [5, 5.41) is 0. The van der Waals surface area contributed by atoms with Gasteiger partial charge < -0.3 is 4.90 Å². The van der Waals surface area contributed by atoms with Crippen LogP contribution in [0.15, 0.2) is 97.1 Å². The highest BCUT2D eigenvalue weighted by Gasteiger charge is 2.30. The van der Waals surface area contributed by atoms with Crippen molar-refractivity contribution < 1.29 is 8.78 Å². The summed E-state index contributed by atoms with van der Waals surface area (Å²) in [6, 6.07) is 29.5. The molecule has 0 N–H and O–H groups in total. The number of nitrogens with zero attached hydrogens (tertiary/aromatic N) is 1. The highest BCUT2D eigenvalue weighted by molar-refractivity contribution is 5.87. The van der Waals surface area contributed by atoms with Gasteiger partial charge in [0.15, 0.2) is 5.82 Å². The van der Waals surface area contributed by atoms with Gasteiger partial charge in [-0.15, -0.1) is 0 Å². The van der Waals surface area contributed by atoms with Gasteiger partial charge in [-0.1, -0.05) is 78.9 Å². The zero-order valence-electron chi connectivity index (χ0n) is 17.9. The molecule has 0 saturated carbocycles. The van der Waals surface area contributed by atoms with Gasteiger partial charge in [0.1, 0.15) is 5.82 Å². The summed E-state index contributed by atoms with van der Waals surface area (Å²) in [6.07, 6.45) is 0. The molecule has 4 rings (SSSR count). The van der Waals surface area contributed by atoms with Gasteiger partial charge in [-0.25, -0.2) is 8.78 Å². The molecule has 156 valence electrons. The van der Waals surface area contributed by atoms with E-state index in [1.54, 1.807) is 29.2 Å². The van der Waals surface area contributed by atoms with E-state index in [1.165, 1.54) is 6.07 Å². The van der Waals surface area contributed by atoms with E-state index >= 15 is 4.39 Å². The fraction of sp³-hybridized carbons (Fsp3) is 0.143. The maximum Gasteiger partial charge on any atom is 0.155 e. The molecule has 0 heterocycles. The average molecular weight is 414 g/mol. The van der Waals surface area contributed by atoms with Crippen LogP contribution >= 0.6 is 0 Å². The van der Waals surface area contributed by atoms with Gasteiger partial charge in [-0.2, -0.15) is 0 Å². The van der Waals surface area contributed by atoms with Crippen LogP contribution in [0.3, 0.4) is 0 Å². The average Bonchev–Trinajstić information content (AvgIpc) is 2.76. The van der Waals surface area contributed by atoms with Crippen LogP contribution in [0.5, 0.6) is 0 Å². The first kappa shape index (κ1) is 20.8. The fourth-order valence-corrected chi connectivity index (χ4v) is 3.97. The van der Waals surface area contributed by atoms with Crippen molar-refractivity contribution in [3.8, 4) is 22.3 Å². The largest absolute Gasteiger partial charge is 0.331 e. The Morgan fingerprint density at radius 2 is 1.13 bits per heavy atom. The summed E-state index contributed by atoms with van der Waals surface area (Å²) < 4.78 is 31.1. The van der Waals surface area contributed by atoms with Gasteiger partial charge in [0, 0.05) is 11.1 Å². The zero-order chi connectivity index (χ0) is 22.0. The predicted molar refractivity (Wildman–Crippen MR) is 126 cm³/mol. The highest BCUT2D eigenvalue weighted by atomic mass is 19.1. The summed E-state index contributed by atoms with van der Waals surface area (Å²) in [6.45, 7) is 5.85. The van der Waals surface area contributed by atoms with Crippen LogP contribution in [0.1, 0.15) is 20.8 Å². The molecule has 0 fully saturated rings. The molecule has 0 spiro atoms. The molecule has 4 aromatic rings. The van der Waals surface area contributed by atoms with Crippen LogP contribution in [0, 0.1) is 11.6 Å². The highest BCUT2D eigenvalue weighted by Crippen LogP contribution is 2.43. The van der Waals surface area contributed by atoms with Crippen LogP contribution in [0.2, 0.25) is 0 Å². The number of hydrogen-bond acceptors (Lipinski definition) is 1. The van der Waals surface area contributed by atoms with Crippen molar-refractivity contribution in [1.29, 1.82) is 0 Å². The lowest BCUT2D eigenvalue weighted by atomic mass is 9.92. The molecule has 0 amide bonds.